The summed E-state index contributed by atoms with van der Waals surface area (Å²) in [6, 6.07) is 13.4. The average molecular weight is 299 g/mol. The predicted octanol–water partition coefficient (Wildman–Crippen LogP) is 2.89. The molecule has 114 valence electrons. The van der Waals surface area contributed by atoms with Crippen molar-refractivity contribution in [3.05, 3.63) is 71.0 Å². The maximum Gasteiger partial charge on any atom is 0.193 e. The number of rotatable bonds is 4. The van der Waals surface area contributed by atoms with Gasteiger partial charge in [-0.15, -0.1) is 0 Å². The van der Waals surface area contributed by atoms with Gasteiger partial charge >= 0.3 is 0 Å². The summed E-state index contributed by atoms with van der Waals surface area (Å²) in [5, 5.41) is 0. The summed E-state index contributed by atoms with van der Waals surface area (Å²) >= 11 is 0. The standard InChI is InChI=1S/C18H18FNO2/c19-16-6-3-5-14(12-16)18(21)17-7-2-1-4-15(17)13-20-8-10-22-11-9-20/h1-7,12H,8-11,13H2. The molecule has 0 aromatic heterocycles. The second kappa shape index (κ2) is 6.81. The van der Waals surface area contributed by atoms with Gasteiger partial charge < -0.3 is 4.74 Å². The lowest BCUT2D eigenvalue weighted by Crippen LogP contribution is -2.36. The van der Waals surface area contributed by atoms with E-state index in [-0.39, 0.29) is 5.78 Å². The highest BCUT2D eigenvalue weighted by atomic mass is 19.1. The SMILES string of the molecule is O=C(c1cccc(F)c1)c1ccccc1CN1CCOCC1. The van der Waals surface area contributed by atoms with Gasteiger partial charge in [0.15, 0.2) is 5.78 Å². The number of carbonyl (C=O) groups excluding carboxylic acids is 1. The Hall–Kier alpha value is -2.04. The Morgan fingerprint density at radius 2 is 1.86 bits per heavy atom. The fourth-order valence-corrected chi connectivity index (χ4v) is 2.67. The molecule has 0 saturated carbocycles. The Labute approximate surface area is 129 Å². The van der Waals surface area contributed by atoms with Gasteiger partial charge in [0.2, 0.25) is 0 Å². The van der Waals surface area contributed by atoms with Crippen LogP contribution in [0.4, 0.5) is 4.39 Å². The van der Waals surface area contributed by atoms with Crippen molar-refractivity contribution in [3.63, 3.8) is 0 Å². The number of ketones is 1. The number of ether oxygens (including phenoxy) is 1. The molecule has 0 unspecified atom stereocenters. The molecule has 1 aliphatic rings. The highest BCUT2D eigenvalue weighted by Gasteiger charge is 2.17. The summed E-state index contributed by atoms with van der Waals surface area (Å²) < 4.78 is 18.7. The van der Waals surface area contributed by atoms with E-state index in [2.05, 4.69) is 4.90 Å². The fraction of sp³-hybridized carbons (Fsp3) is 0.278. The van der Waals surface area contributed by atoms with Crippen LogP contribution in [0.1, 0.15) is 21.5 Å². The number of morpholine rings is 1. The van der Waals surface area contributed by atoms with Crippen LogP contribution in [0, 0.1) is 5.82 Å². The smallest absolute Gasteiger partial charge is 0.193 e. The van der Waals surface area contributed by atoms with Gasteiger partial charge in [0, 0.05) is 30.8 Å². The van der Waals surface area contributed by atoms with Crippen molar-refractivity contribution in [1.82, 2.24) is 4.90 Å². The van der Waals surface area contributed by atoms with E-state index in [0.29, 0.717) is 17.7 Å². The zero-order chi connectivity index (χ0) is 15.4. The maximum atomic E-state index is 13.3. The molecule has 3 nitrogen and oxygen atoms in total. The minimum Gasteiger partial charge on any atom is -0.379 e. The van der Waals surface area contributed by atoms with Gasteiger partial charge in [-0.2, -0.15) is 0 Å². The predicted molar refractivity (Wildman–Crippen MR) is 82.4 cm³/mol. The van der Waals surface area contributed by atoms with Crippen LogP contribution in [0.3, 0.4) is 0 Å². The molecule has 1 fully saturated rings. The Balaban J connectivity index is 1.85. The third kappa shape index (κ3) is 3.40. The second-order valence-corrected chi connectivity index (χ2v) is 5.39. The molecule has 0 aliphatic carbocycles. The molecule has 2 aromatic rings. The second-order valence-electron chi connectivity index (χ2n) is 5.39. The normalized spacial score (nSPS) is 15.7. The number of halogens is 1. The summed E-state index contributed by atoms with van der Waals surface area (Å²) in [5.74, 6) is -0.528. The van der Waals surface area contributed by atoms with Gasteiger partial charge in [-0.1, -0.05) is 36.4 Å². The third-order valence-corrected chi connectivity index (χ3v) is 3.85. The highest BCUT2D eigenvalue weighted by molar-refractivity contribution is 6.09. The summed E-state index contributed by atoms with van der Waals surface area (Å²) in [7, 11) is 0. The molecule has 1 aliphatic heterocycles. The van der Waals surface area contributed by atoms with Gasteiger partial charge in [-0.25, -0.2) is 4.39 Å². The zero-order valence-corrected chi connectivity index (χ0v) is 12.3. The Morgan fingerprint density at radius 1 is 1.09 bits per heavy atom. The van der Waals surface area contributed by atoms with Crippen molar-refractivity contribution >= 4 is 5.78 Å². The number of hydrogen-bond acceptors (Lipinski definition) is 3. The van der Waals surface area contributed by atoms with E-state index in [1.54, 1.807) is 12.1 Å². The molecule has 0 N–H and O–H groups in total. The molecule has 0 bridgehead atoms. The van der Waals surface area contributed by atoms with Gasteiger partial charge in [0.05, 0.1) is 13.2 Å². The van der Waals surface area contributed by atoms with E-state index < -0.39 is 5.82 Å². The molecular formula is C18H18FNO2. The van der Waals surface area contributed by atoms with Gasteiger partial charge in [-0.05, 0) is 17.7 Å². The van der Waals surface area contributed by atoms with Gasteiger partial charge in [0.1, 0.15) is 5.82 Å². The molecule has 4 heteroatoms. The van der Waals surface area contributed by atoms with E-state index in [4.69, 9.17) is 4.74 Å². The summed E-state index contributed by atoms with van der Waals surface area (Å²) in [4.78, 5) is 14.9. The average Bonchev–Trinajstić information content (AvgIpc) is 2.56. The van der Waals surface area contributed by atoms with E-state index >= 15 is 0 Å². The minimum absolute atomic E-state index is 0.136. The van der Waals surface area contributed by atoms with Crippen molar-refractivity contribution in [2.45, 2.75) is 6.54 Å². The van der Waals surface area contributed by atoms with Crippen LogP contribution in [-0.2, 0) is 11.3 Å². The van der Waals surface area contributed by atoms with Crippen LogP contribution in [0.5, 0.6) is 0 Å². The van der Waals surface area contributed by atoms with E-state index in [1.807, 2.05) is 24.3 Å². The number of hydrogen-bond donors (Lipinski definition) is 0. The highest BCUT2D eigenvalue weighted by Crippen LogP contribution is 2.18. The first-order valence-electron chi connectivity index (χ1n) is 7.42. The molecule has 0 spiro atoms. The molecule has 22 heavy (non-hydrogen) atoms. The fourth-order valence-electron chi connectivity index (χ4n) is 2.67. The molecule has 0 atom stereocenters. The van der Waals surface area contributed by atoms with Crippen LogP contribution in [0.2, 0.25) is 0 Å². The lowest BCUT2D eigenvalue weighted by molar-refractivity contribution is 0.0341. The first kappa shape index (κ1) is 14.9. The lowest BCUT2D eigenvalue weighted by Gasteiger charge is -2.27. The monoisotopic (exact) mass is 299 g/mol. The largest absolute Gasteiger partial charge is 0.379 e. The van der Waals surface area contributed by atoms with Crippen molar-refractivity contribution in [1.29, 1.82) is 0 Å². The molecule has 0 radical (unpaired) electrons. The molecular weight excluding hydrogens is 281 g/mol. The van der Waals surface area contributed by atoms with E-state index in [1.165, 1.54) is 12.1 Å². The van der Waals surface area contributed by atoms with Crippen LogP contribution in [-0.4, -0.2) is 37.0 Å². The number of nitrogens with zero attached hydrogens (tertiary/aromatic N) is 1. The quantitative estimate of drug-likeness (QED) is 0.813. The first-order chi connectivity index (χ1) is 10.7. The Bertz CT molecular complexity index is 666. The van der Waals surface area contributed by atoms with Gasteiger partial charge in [0.25, 0.3) is 0 Å². The molecule has 1 heterocycles. The van der Waals surface area contributed by atoms with Crippen molar-refractivity contribution in [2.75, 3.05) is 26.3 Å². The van der Waals surface area contributed by atoms with Gasteiger partial charge in [-0.3, -0.25) is 9.69 Å². The molecule has 1 saturated heterocycles. The van der Waals surface area contributed by atoms with E-state index in [0.717, 1.165) is 31.9 Å². The summed E-state index contributed by atoms with van der Waals surface area (Å²) in [6.07, 6.45) is 0. The lowest BCUT2D eigenvalue weighted by atomic mass is 9.98. The summed E-state index contributed by atoms with van der Waals surface area (Å²) in [6.45, 7) is 3.88. The zero-order valence-electron chi connectivity index (χ0n) is 12.3. The minimum atomic E-state index is -0.392. The first-order valence-corrected chi connectivity index (χ1v) is 7.42. The van der Waals surface area contributed by atoms with Crippen molar-refractivity contribution < 1.29 is 13.9 Å². The topological polar surface area (TPSA) is 29.5 Å². The van der Waals surface area contributed by atoms with Crippen LogP contribution < -0.4 is 0 Å². The number of benzene rings is 2. The van der Waals surface area contributed by atoms with Crippen molar-refractivity contribution in [3.8, 4) is 0 Å². The third-order valence-electron chi connectivity index (χ3n) is 3.85. The van der Waals surface area contributed by atoms with Crippen LogP contribution in [0.15, 0.2) is 48.5 Å². The molecule has 0 amide bonds. The number of carbonyl (C=O) groups is 1. The van der Waals surface area contributed by atoms with Crippen LogP contribution in [0.25, 0.3) is 0 Å². The summed E-state index contributed by atoms with van der Waals surface area (Å²) in [5.41, 5.74) is 1.99. The van der Waals surface area contributed by atoms with E-state index in [9.17, 15) is 9.18 Å². The maximum absolute atomic E-state index is 13.3. The molecule has 3 rings (SSSR count). The van der Waals surface area contributed by atoms with Crippen molar-refractivity contribution in [2.24, 2.45) is 0 Å². The van der Waals surface area contributed by atoms with Crippen LogP contribution >= 0.6 is 0 Å². The molecule has 2 aromatic carbocycles. The Morgan fingerprint density at radius 3 is 2.64 bits per heavy atom. The Kier molecular flexibility index (Phi) is 4.61.